The third-order valence-electron chi connectivity index (χ3n) is 20.3. The van der Waals surface area contributed by atoms with Gasteiger partial charge in [0.1, 0.15) is 201 Å². The number of hydrogen-bond acceptors (Lipinski definition) is 43. The lowest BCUT2D eigenvalue weighted by molar-refractivity contribution is -0.354. The Morgan fingerprint density at radius 1 is 0.330 bits per heavy atom. The number of Topliss-reactive ketones (excluding diaryl/α,β-unsaturated/α-hetero) is 1. The maximum atomic E-state index is 12.3. The summed E-state index contributed by atoms with van der Waals surface area (Å²) in [6, 6.07) is 5.81. The van der Waals surface area contributed by atoms with E-state index in [1.807, 2.05) is 0 Å². The second-order valence-corrected chi connectivity index (χ2v) is 27.9. The van der Waals surface area contributed by atoms with Crippen molar-refractivity contribution in [3.8, 4) is 5.75 Å². The second-order valence-electron chi connectivity index (χ2n) is 27.9. The van der Waals surface area contributed by atoms with E-state index in [0.717, 1.165) is 7.11 Å². The van der Waals surface area contributed by atoms with Crippen molar-refractivity contribution < 1.29 is 213 Å². The van der Waals surface area contributed by atoms with Crippen molar-refractivity contribution in [3.05, 3.63) is 29.8 Å². The van der Waals surface area contributed by atoms with Gasteiger partial charge >= 0.3 is 0 Å². The van der Waals surface area contributed by atoms with Crippen LogP contribution < -0.4 is 10.1 Å². The number of carbonyl (C=O) groups is 2. The van der Waals surface area contributed by atoms with Crippen molar-refractivity contribution >= 4 is 11.7 Å². The fourth-order valence-corrected chi connectivity index (χ4v) is 13.3. The number of hydrogen-bond donors (Lipinski definition) is 25. The van der Waals surface area contributed by atoms with Crippen molar-refractivity contribution in [1.82, 2.24) is 5.32 Å². The highest BCUT2D eigenvalue weighted by Gasteiger charge is 2.56. The monoisotopic (exact) mass is 1540 g/mol. The van der Waals surface area contributed by atoms with E-state index in [9.17, 15) is 132 Å². The molecule has 9 fully saturated rings. The van der Waals surface area contributed by atoms with Crippen molar-refractivity contribution in [3.63, 3.8) is 0 Å². The molecule has 0 aliphatic carbocycles. The highest BCUT2D eigenvalue weighted by Crippen LogP contribution is 2.36. The molecule has 608 valence electrons. The number of rotatable bonds is 27. The SMILES string of the molecule is COC1C(O)C(COC2OC(COC3OC(COC4OC(COC5OC(COC6OC(COC7OC(CO)C(O)C(O)C7O)C(O)C(O)C6O)C(O)C(O)C5O)C(O)C(O)C4O)C(O)C(O)C3O)C(O)C(O)C2O)OC(OCC2OC(Oc3ccc(CC4NC(=O)C(=O)C4(C)C)cc3)C(O)C(O)C2O)C1O. The molecule has 0 spiro atoms. The highest BCUT2D eigenvalue weighted by atomic mass is 16.8. The highest BCUT2D eigenvalue weighted by molar-refractivity contribution is 6.40. The van der Waals surface area contributed by atoms with E-state index >= 15 is 0 Å². The molecule has 25 N–H and O–H groups in total. The normalized spacial score (nSPS) is 48.8. The lowest BCUT2D eigenvalue weighted by atomic mass is 9.81. The second kappa shape index (κ2) is 36.1. The molecule has 1 aromatic carbocycles. The summed E-state index contributed by atoms with van der Waals surface area (Å²) in [6.07, 6.45) is -73.3. The van der Waals surface area contributed by atoms with Gasteiger partial charge in [-0.1, -0.05) is 26.0 Å². The molecule has 10 rings (SSSR count). The van der Waals surface area contributed by atoms with Crippen LogP contribution in [0.5, 0.6) is 5.75 Å². The van der Waals surface area contributed by atoms with Crippen LogP contribution in [0.4, 0.5) is 0 Å². The van der Waals surface area contributed by atoms with Gasteiger partial charge in [-0.3, -0.25) is 9.59 Å². The van der Waals surface area contributed by atoms with Crippen LogP contribution in [-0.4, -0.2) is 446 Å². The number of aliphatic hydroxyl groups is 24. The molecule has 41 atom stereocenters. The zero-order valence-electron chi connectivity index (χ0n) is 56.8. The summed E-state index contributed by atoms with van der Waals surface area (Å²) in [6.45, 7) is -3.07. The molecular weight excluding hydrogens is 1450 g/mol. The standard InChI is InChI=1S/C62H97NO43/c1-62(2)27(63-53(89)52(62)88)8-17-4-6-18(7-5-17)98-61-49(86)42(79)34(71)25(106-61)15-97-60-50(87)51(90-3)35(72)26(105-60)16-96-59-48(85)41(78)33(70)24(104-59)14-95-58-47(84)40(77)32(69)23(103-58)13-94-57-46(83)39(76)31(68)22(102-57)12-93-56-45(82)38(75)30(67)21(101-56)11-92-55-44(81)37(74)29(66)20(100-55)10-91-54-43(80)36(73)28(65)19(9-64)99-54/h4-7,19-51,54-61,64-87H,8-16H2,1-3H3,(H,63,89). The van der Waals surface area contributed by atoms with E-state index in [1.165, 1.54) is 12.1 Å². The summed E-state index contributed by atoms with van der Waals surface area (Å²) in [4.78, 5) is 24.4. The van der Waals surface area contributed by atoms with Crippen molar-refractivity contribution in [1.29, 1.82) is 0 Å². The maximum absolute atomic E-state index is 12.3. The predicted octanol–water partition coefficient (Wildman–Crippen LogP) is -16.1. The van der Waals surface area contributed by atoms with Gasteiger partial charge in [0.2, 0.25) is 12.1 Å². The summed E-state index contributed by atoms with van der Waals surface area (Å²) in [5, 5.41) is 261. The van der Waals surface area contributed by atoms with Crippen LogP contribution in [-0.2, 0) is 91.8 Å². The Morgan fingerprint density at radius 3 is 0.840 bits per heavy atom. The molecule has 1 aromatic rings. The van der Waals surface area contributed by atoms with Gasteiger partial charge < -0.3 is 208 Å². The first kappa shape index (κ1) is 85.0. The van der Waals surface area contributed by atoms with E-state index in [0.29, 0.717) is 12.0 Å². The van der Waals surface area contributed by atoms with E-state index < -0.39 is 322 Å². The summed E-state index contributed by atoms with van der Waals surface area (Å²) in [5.74, 6) is -1.09. The Kier molecular flexibility index (Phi) is 29.0. The largest absolute Gasteiger partial charge is 0.462 e. The predicted molar refractivity (Wildman–Crippen MR) is 328 cm³/mol. The smallest absolute Gasteiger partial charge is 0.288 e. The van der Waals surface area contributed by atoms with E-state index in [1.54, 1.807) is 26.0 Å². The molecule has 106 heavy (non-hydrogen) atoms. The average molecular weight is 1540 g/mol. The summed E-state index contributed by atoms with van der Waals surface area (Å²) in [5.41, 5.74) is -0.246. The molecule has 0 saturated carbocycles. The molecule has 0 bridgehead atoms. The van der Waals surface area contributed by atoms with E-state index in [4.69, 9.17) is 80.5 Å². The lowest BCUT2D eigenvalue weighted by Crippen LogP contribution is -2.64. The number of methoxy groups -OCH3 is 1. The molecule has 9 saturated heterocycles. The van der Waals surface area contributed by atoms with Crippen LogP contribution in [0.2, 0.25) is 0 Å². The fourth-order valence-electron chi connectivity index (χ4n) is 13.3. The Morgan fingerprint density at radius 2 is 0.575 bits per heavy atom. The molecule has 9 aliphatic rings. The molecular formula is C62H97NO43. The minimum absolute atomic E-state index is 0.140. The zero-order valence-corrected chi connectivity index (χ0v) is 56.8. The van der Waals surface area contributed by atoms with Crippen LogP contribution in [0.3, 0.4) is 0 Å². The third kappa shape index (κ3) is 18.3. The topological polar surface area (TPSA) is 689 Å². The van der Waals surface area contributed by atoms with E-state index in [2.05, 4.69) is 5.32 Å². The van der Waals surface area contributed by atoms with Gasteiger partial charge in [0.25, 0.3) is 5.91 Å². The number of ether oxygens (including phenoxy) is 17. The quantitative estimate of drug-likeness (QED) is 0.0364. The minimum Gasteiger partial charge on any atom is -0.462 e. The first-order valence-electron chi connectivity index (χ1n) is 34.0. The van der Waals surface area contributed by atoms with Crippen LogP contribution in [0.1, 0.15) is 19.4 Å². The summed E-state index contributed by atoms with van der Waals surface area (Å²) in [7, 11) is 1.12. The summed E-state index contributed by atoms with van der Waals surface area (Å²) >= 11 is 0. The minimum atomic E-state index is -2.09. The third-order valence-corrected chi connectivity index (χ3v) is 20.3. The molecule has 0 radical (unpaired) electrons. The lowest BCUT2D eigenvalue weighted by Gasteiger charge is -2.45. The molecule has 0 aromatic heterocycles. The molecule has 1 amide bonds. The molecule has 41 unspecified atom stereocenters. The number of ketones is 1. The molecule has 44 heteroatoms. The molecule has 44 nitrogen and oxygen atoms in total. The van der Waals surface area contributed by atoms with Gasteiger partial charge in [-0.15, -0.1) is 0 Å². The number of nitrogens with one attached hydrogen (secondary N) is 1. The average Bonchev–Trinajstić information content (AvgIpc) is 1.48. The zero-order chi connectivity index (χ0) is 77.4. The maximum Gasteiger partial charge on any atom is 0.288 e. The van der Waals surface area contributed by atoms with Crippen molar-refractivity contribution in [2.45, 2.75) is 272 Å². The first-order valence-corrected chi connectivity index (χ1v) is 34.0. The van der Waals surface area contributed by atoms with Crippen LogP contribution in [0, 0.1) is 5.41 Å². The van der Waals surface area contributed by atoms with Crippen LogP contribution in [0.25, 0.3) is 0 Å². The Labute approximate surface area is 601 Å². The number of carbonyl (C=O) groups excluding carboxylic acids is 2. The van der Waals surface area contributed by atoms with E-state index in [-0.39, 0.29) is 5.75 Å². The molecule has 9 heterocycles. The van der Waals surface area contributed by atoms with Gasteiger partial charge in [-0.2, -0.15) is 0 Å². The number of amides is 1. The number of aliphatic hydroxyl groups excluding tert-OH is 24. The first-order chi connectivity index (χ1) is 50.1. The van der Waals surface area contributed by atoms with Gasteiger partial charge in [0, 0.05) is 13.2 Å². The summed E-state index contributed by atoms with van der Waals surface area (Å²) < 4.78 is 95.7. The Bertz CT molecular complexity index is 2940. The number of benzene rings is 1. The Hall–Kier alpha value is -3.44. The van der Waals surface area contributed by atoms with Crippen LogP contribution >= 0.6 is 0 Å². The van der Waals surface area contributed by atoms with Crippen molar-refractivity contribution in [2.75, 3.05) is 60.0 Å². The molecule has 9 aliphatic heterocycles. The van der Waals surface area contributed by atoms with Crippen LogP contribution in [0.15, 0.2) is 24.3 Å². The Balaban J connectivity index is 0.688. The van der Waals surface area contributed by atoms with Crippen molar-refractivity contribution in [2.24, 2.45) is 5.41 Å². The fraction of sp³-hybridized carbons (Fsp3) is 0.871. The van der Waals surface area contributed by atoms with Gasteiger partial charge in [-0.25, -0.2) is 0 Å². The van der Waals surface area contributed by atoms with Gasteiger partial charge in [0.05, 0.1) is 58.3 Å². The van der Waals surface area contributed by atoms with Gasteiger partial charge in [-0.05, 0) is 24.1 Å². The van der Waals surface area contributed by atoms with Gasteiger partial charge in [0.15, 0.2) is 44.0 Å².